The number of rotatable bonds is 8. The molecule has 4 heterocycles. The Kier molecular flexibility index (Phi) is 8.55. The van der Waals surface area contributed by atoms with Crippen LogP contribution in [0.2, 0.25) is 0 Å². The molecule has 0 spiro atoms. The number of benzene rings is 4. The number of hydrogen-bond donors (Lipinski definition) is 0. The lowest BCUT2D eigenvalue weighted by Gasteiger charge is -2.37. The number of fused-ring (bicyclic) bond motifs is 3. The summed E-state index contributed by atoms with van der Waals surface area (Å²) in [6, 6.07) is 31.7. The fourth-order valence-corrected chi connectivity index (χ4v) is 7.51. The normalized spacial score (nSPS) is 23.9. The van der Waals surface area contributed by atoms with E-state index in [1.807, 2.05) is 84.3 Å². The van der Waals surface area contributed by atoms with Crippen molar-refractivity contribution in [3.8, 4) is 23.0 Å². The molecule has 2 amide bonds. The predicted molar refractivity (Wildman–Crippen MR) is 183 cm³/mol. The molecule has 9 heteroatoms. The minimum absolute atomic E-state index is 0.0581. The molecule has 2 saturated heterocycles. The van der Waals surface area contributed by atoms with Gasteiger partial charge in [0.05, 0.1) is 12.1 Å². The Morgan fingerprint density at radius 1 is 0.551 bits per heavy atom. The van der Waals surface area contributed by atoms with Gasteiger partial charge in [0.2, 0.25) is 0 Å². The summed E-state index contributed by atoms with van der Waals surface area (Å²) in [5, 5.41) is 0. The Labute approximate surface area is 287 Å². The topological polar surface area (TPSA) is 78.9 Å². The van der Waals surface area contributed by atoms with Crippen LogP contribution in [0.25, 0.3) is 0 Å². The van der Waals surface area contributed by atoms with Gasteiger partial charge in [-0.3, -0.25) is 0 Å². The van der Waals surface area contributed by atoms with Crippen molar-refractivity contribution < 1.29 is 33.2 Å². The lowest BCUT2D eigenvalue weighted by atomic mass is 9.90. The number of urea groups is 1. The first-order valence-electron chi connectivity index (χ1n) is 17.2. The average Bonchev–Trinajstić information content (AvgIpc) is 3.43. The average molecular weight is 663 g/mol. The summed E-state index contributed by atoms with van der Waals surface area (Å²) in [6.45, 7) is 6.84. The number of ether oxygens (including phenoxy) is 6. The number of nitrogens with zero attached hydrogens (tertiary/aromatic N) is 2. The maximum Gasteiger partial charge on any atom is 0.321 e. The van der Waals surface area contributed by atoms with Gasteiger partial charge in [-0.1, -0.05) is 72.8 Å². The molecule has 0 saturated carbocycles. The highest BCUT2D eigenvalue weighted by Gasteiger charge is 2.55. The molecular weight excluding hydrogens is 620 g/mol. The Morgan fingerprint density at radius 2 is 0.959 bits per heavy atom. The molecule has 2 fully saturated rings. The second-order valence-electron chi connectivity index (χ2n) is 13.6. The summed E-state index contributed by atoms with van der Waals surface area (Å²) in [4.78, 5) is 19.3. The van der Waals surface area contributed by atoms with Gasteiger partial charge < -0.3 is 38.2 Å². The summed E-state index contributed by atoms with van der Waals surface area (Å²) in [6.07, 6.45) is 0.259. The molecule has 0 radical (unpaired) electrons. The van der Waals surface area contributed by atoms with Crippen LogP contribution in [0, 0.1) is 0 Å². The highest BCUT2D eigenvalue weighted by Crippen LogP contribution is 2.42. The van der Waals surface area contributed by atoms with Crippen molar-refractivity contribution in [1.82, 2.24) is 9.80 Å². The Balaban J connectivity index is 1.23. The molecule has 8 rings (SSSR count). The first-order valence-corrected chi connectivity index (χ1v) is 17.2. The number of amides is 2. The molecule has 9 nitrogen and oxygen atoms in total. The zero-order valence-corrected chi connectivity index (χ0v) is 28.0. The summed E-state index contributed by atoms with van der Waals surface area (Å²) in [5.41, 5.74) is 4.16. The molecule has 254 valence electrons. The van der Waals surface area contributed by atoms with Crippen LogP contribution in [0.15, 0.2) is 97.1 Å². The largest absolute Gasteiger partial charge is 0.486 e. The van der Waals surface area contributed by atoms with Gasteiger partial charge in [0.15, 0.2) is 28.8 Å². The predicted octanol–water partition coefficient (Wildman–Crippen LogP) is 6.41. The van der Waals surface area contributed by atoms with Crippen LogP contribution in [-0.2, 0) is 35.4 Å². The summed E-state index contributed by atoms with van der Waals surface area (Å²) < 4.78 is 37.3. The maximum atomic E-state index is 15.3. The lowest BCUT2D eigenvalue weighted by Crippen LogP contribution is -2.51. The SMILES string of the molecule is CC1(C)O[C@@H]2[C@@H](O1)[C@@H](Cc1ccc3c(c1)OCCO3)N(Cc1ccccc1)C(=O)N(Cc1ccccc1)[C@@H]2Cc1ccc2c(c1)OCCO2. The van der Waals surface area contributed by atoms with Crippen LogP contribution in [0.5, 0.6) is 23.0 Å². The van der Waals surface area contributed by atoms with Gasteiger partial charge in [-0.2, -0.15) is 0 Å². The van der Waals surface area contributed by atoms with E-state index in [0.29, 0.717) is 52.4 Å². The summed E-state index contributed by atoms with van der Waals surface area (Å²) in [5.74, 6) is 2.06. The van der Waals surface area contributed by atoms with Crippen LogP contribution >= 0.6 is 0 Å². The third-order valence-corrected chi connectivity index (χ3v) is 9.71. The van der Waals surface area contributed by atoms with Crippen molar-refractivity contribution in [3.05, 3.63) is 119 Å². The van der Waals surface area contributed by atoms with Crippen LogP contribution in [-0.4, -0.2) is 72.3 Å². The van der Waals surface area contributed by atoms with Gasteiger partial charge in [-0.15, -0.1) is 0 Å². The third-order valence-electron chi connectivity index (χ3n) is 9.71. The van der Waals surface area contributed by atoms with Crippen LogP contribution in [0.3, 0.4) is 0 Å². The van der Waals surface area contributed by atoms with Gasteiger partial charge in [0.1, 0.15) is 38.6 Å². The van der Waals surface area contributed by atoms with Gasteiger partial charge in [-0.25, -0.2) is 4.79 Å². The second kappa shape index (κ2) is 13.3. The standard InChI is InChI=1S/C40H42N2O7/c1-40(2)48-37-31(21-29-13-15-33-35(23-29)46-19-17-44-33)41(25-27-9-5-3-6-10-27)39(43)42(26-28-11-7-4-8-12-28)32(38(37)49-40)22-30-14-16-34-36(24-30)47-20-18-45-34/h3-16,23-24,31-32,37-38H,17-22,25-26H2,1-2H3/t31-,32-,37+,38+/m1/s1. The lowest BCUT2D eigenvalue weighted by molar-refractivity contribution is -0.157. The first kappa shape index (κ1) is 31.5. The maximum absolute atomic E-state index is 15.3. The van der Waals surface area contributed by atoms with E-state index in [9.17, 15) is 0 Å². The summed E-state index contributed by atoms with van der Waals surface area (Å²) >= 11 is 0. The molecule has 4 atom stereocenters. The number of hydrogen-bond acceptors (Lipinski definition) is 7. The van der Waals surface area contributed by atoms with Crippen LogP contribution in [0.4, 0.5) is 4.79 Å². The molecule has 0 unspecified atom stereocenters. The number of carbonyl (C=O) groups excluding carboxylic acids is 1. The molecule has 0 aromatic heterocycles. The zero-order valence-electron chi connectivity index (χ0n) is 28.0. The third kappa shape index (κ3) is 6.65. The molecule has 4 aromatic carbocycles. The van der Waals surface area contributed by atoms with Gasteiger partial charge in [-0.05, 0) is 73.2 Å². The van der Waals surface area contributed by atoms with Crippen LogP contribution < -0.4 is 18.9 Å². The summed E-state index contributed by atoms with van der Waals surface area (Å²) in [7, 11) is 0. The van der Waals surface area contributed by atoms with E-state index in [1.54, 1.807) is 0 Å². The van der Waals surface area contributed by atoms with E-state index in [0.717, 1.165) is 45.3 Å². The Morgan fingerprint density at radius 3 is 1.39 bits per heavy atom. The van der Waals surface area contributed by atoms with Crippen molar-refractivity contribution in [1.29, 1.82) is 0 Å². The second-order valence-corrected chi connectivity index (χ2v) is 13.6. The van der Waals surface area contributed by atoms with E-state index in [2.05, 4.69) is 36.4 Å². The number of carbonyl (C=O) groups is 1. The van der Waals surface area contributed by atoms with Crippen molar-refractivity contribution >= 4 is 6.03 Å². The molecule has 4 aliphatic rings. The molecule has 0 N–H and O–H groups in total. The highest BCUT2D eigenvalue weighted by atomic mass is 16.8. The molecule has 4 aliphatic heterocycles. The van der Waals surface area contributed by atoms with Crippen molar-refractivity contribution in [2.24, 2.45) is 0 Å². The van der Waals surface area contributed by atoms with Crippen molar-refractivity contribution in [2.45, 2.75) is 69.9 Å². The molecule has 4 aromatic rings. The minimum Gasteiger partial charge on any atom is -0.486 e. The fourth-order valence-electron chi connectivity index (χ4n) is 7.51. The fraction of sp³-hybridized carbons (Fsp3) is 0.375. The first-order chi connectivity index (χ1) is 23.9. The Hall–Kier alpha value is -4.73. The minimum atomic E-state index is -0.858. The zero-order chi connectivity index (χ0) is 33.4. The van der Waals surface area contributed by atoms with Crippen molar-refractivity contribution in [2.75, 3.05) is 26.4 Å². The molecule has 0 bridgehead atoms. The van der Waals surface area contributed by atoms with Gasteiger partial charge >= 0.3 is 6.03 Å². The van der Waals surface area contributed by atoms with Crippen LogP contribution in [0.1, 0.15) is 36.1 Å². The van der Waals surface area contributed by atoms with E-state index in [1.165, 1.54) is 0 Å². The van der Waals surface area contributed by atoms with E-state index < -0.39 is 18.0 Å². The Bertz CT molecular complexity index is 1660. The van der Waals surface area contributed by atoms with E-state index in [4.69, 9.17) is 28.4 Å². The quantitative estimate of drug-likeness (QED) is 0.216. The van der Waals surface area contributed by atoms with Gasteiger partial charge in [0.25, 0.3) is 0 Å². The molecule has 0 aliphatic carbocycles. The van der Waals surface area contributed by atoms with E-state index >= 15 is 4.79 Å². The molecular formula is C40H42N2O7. The molecule has 49 heavy (non-hydrogen) atoms. The smallest absolute Gasteiger partial charge is 0.321 e. The highest BCUT2D eigenvalue weighted by molar-refractivity contribution is 5.76. The van der Waals surface area contributed by atoms with Gasteiger partial charge in [0, 0.05) is 13.1 Å². The van der Waals surface area contributed by atoms with Crippen molar-refractivity contribution in [3.63, 3.8) is 0 Å². The van der Waals surface area contributed by atoms with E-state index in [-0.39, 0.29) is 18.1 Å². The monoisotopic (exact) mass is 662 g/mol.